The third kappa shape index (κ3) is 2.74. The van der Waals surface area contributed by atoms with Gasteiger partial charge in [0.05, 0.1) is 4.90 Å². The summed E-state index contributed by atoms with van der Waals surface area (Å²) >= 11 is 0. The van der Waals surface area contributed by atoms with E-state index in [0.29, 0.717) is 4.90 Å². The number of hydrogen-bond donors (Lipinski definition) is 1. The summed E-state index contributed by atoms with van der Waals surface area (Å²) in [4.78, 5) is 0.373. The van der Waals surface area contributed by atoms with Crippen molar-refractivity contribution in [1.29, 1.82) is 0 Å². The van der Waals surface area contributed by atoms with Gasteiger partial charge in [-0.3, -0.25) is 0 Å². The first-order chi connectivity index (χ1) is 9.21. The Kier molecular flexibility index (Phi) is 3.93. The van der Waals surface area contributed by atoms with Crippen LogP contribution < -0.4 is 5.73 Å². The van der Waals surface area contributed by atoms with Gasteiger partial charge in [-0.2, -0.15) is 0 Å². The molecule has 0 aliphatic carbocycles. The Morgan fingerprint density at radius 1 is 1.35 bits per heavy atom. The highest BCUT2D eigenvalue weighted by molar-refractivity contribution is 7.90. The molecule has 0 aliphatic heterocycles. The molecule has 0 spiro atoms. The largest absolute Gasteiger partial charge is 0.348 e. The molecule has 0 radical (unpaired) electrons. The molecule has 0 saturated heterocycles. The third-order valence-corrected chi connectivity index (χ3v) is 4.98. The fraction of sp³-hybridized carbons (Fsp3) is 0.467. The number of nitrogens with two attached hydrogens (primary N) is 1. The van der Waals surface area contributed by atoms with Crippen LogP contribution in [0.3, 0.4) is 0 Å². The summed E-state index contributed by atoms with van der Waals surface area (Å²) < 4.78 is 25.5. The molecule has 0 bridgehead atoms. The number of nitrogens with zero attached hydrogens (tertiary/aromatic N) is 1. The molecule has 1 atom stereocenters. The summed E-state index contributed by atoms with van der Waals surface area (Å²) in [6.07, 6.45) is 3.00. The summed E-state index contributed by atoms with van der Waals surface area (Å²) in [7, 11) is -1.17. The van der Waals surface area contributed by atoms with E-state index in [4.69, 9.17) is 5.73 Å². The lowest BCUT2D eigenvalue weighted by Gasteiger charge is -2.06. The van der Waals surface area contributed by atoms with E-state index in [1.54, 1.807) is 12.1 Å². The second kappa shape index (κ2) is 5.22. The second-order valence-electron chi connectivity index (χ2n) is 5.59. The van der Waals surface area contributed by atoms with Crippen LogP contribution in [-0.4, -0.2) is 25.3 Å². The molecule has 0 fully saturated rings. The van der Waals surface area contributed by atoms with Gasteiger partial charge >= 0.3 is 0 Å². The summed E-state index contributed by atoms with van der Waals surface area (Å²) in [6.45, 7) is 4.05. The lowest BCUT2D eigenvalue weighted by molar-refractivity contribution is 0.602. The molecule has 1 aromatic heterocycles. The van der Waals surface area contributed by atoms with Gasteiger partial charge in [0.25, 0.3) is 0 Å². The van der Waals surface area contributed by atoms with Crippen molar-refractivity contribution in [2.75, 3.05) is 6.26 Å². The fourth-order valence-electron chi connectivity index (χ4n) is 2.55. The summed E-state index contributed by atoms with van der Waals surface area (Å²) in [5.41, 5.74) is 9.27. The van der Waals surface area contributed by atoms with Crippen LogP contribution in [0.2, 0.25) is 0 Å². The zero-order valence-corrected chi connectivity index (χ0v) is 13.3. The first kappa shape index (κ1) is 15.1. The van der Waals surface area contributed by atoms with Crippen molar-refractivity contribution in [3.05, 3.63) is 29.5 Å². The molecule has 2 rings (SSSR count). The summed E-state index contributed by atoms with van der Waals surface area (Å²) in [5.74, 6) is 0. The Hall–Kier alpha value is -1.33. The van der Waals surface area contributed by atoms with Crippen molar-refractivity contribution in [1.82, 2.24) is 4.57 Å². The van der Waals surface area contributed by atoms with E-state index in [1.165, 1.54) is 17.5 Å². The standard InChI is InChI=1S/C15H22N2O2S/c1-10(16)5-7-13-11(2)17(3)15-8-6-12(9-14(13)15)20(4,18)19/h6,8-10H,5,7,16H2,1-4H3. The van der Waals surface area contributed by atoms with Gasteiger partial charge in [0.1, 0.15) is 0 Å². The van der Waals surface area contributed by atoms with Gasteiger partial charge in [-0.05, 0) is 50.5 Å². The topological polar surface area (TPSA) is 65.1 Å². The molecule has 2 aromatic rings. The zero-order valence-electron chi connectivity index (χ0n) is 12.5. The molecule has 0 aliphatic rings. The number of hydrogen-bond acceptors (Lipinski definition) is 3. The maximum absolute atomic E-state index is 11.7. The van der Waals surface area contributed by atoms with Crippen LogP contribution in [0.5, 0.6) is 0 Å². The van der Waals surface area contributed by atoms with E-state index in [1.807, 2.05) is 20.0 Å². The van der Waals surface area contributed by atoms with Crippen molar-refractivity contribution in [3.63, 3.8) is 0 Å². The van der Waals surface area contributed by atoms with E-state index < -0.39 is 9.84 Å². The van der Waals surface area contributed by atoms with Gasteiger partial charge in [0.2, 0.25) is 0 Å². The smallest absolute Gasteiger partial charge is 0.175 e. The van der Waals surface area contributed by atoms with Gasteiger partial charge in [0, 0.05) is 35.9 Å². The molecule has 2 N–H and O–H groups in total. The highest BCUT2D eigenvalue weighted by atomic mass is 32.2. The molecule has 5 heteroatoms. The second-order valence-corrected chi connectivity index (χ2v) is 7.61. The van der Waals surface area contributed by atoms with E-state index in [0.717, 1.165) is 23.7 Å². The quantitative estimate of drug-likeness (QED) is 0.940. The third-order valence-electron chi connectivity index (χ3n) is 3.87. The average Bonchev–Trinajstić information content (AvgIpc) is 2.58. The van der Waals surface area contributed by atoms with Crippen LogP contribution in [0.1, 0.15) is 24.6 Å². The average molecular weight is 294 g/mol. The lowest BCUT2D eigenvalue weighted by atomic mass is 10.0. The molecule has 1 unspecified atom stereocenters. The van der Waals surface area contributed by atoms with Crippen LogP contribution >= 0.6 is 0 Å². The van der Waals surface area contributed by atoms with Crippen molar-refractivity contribution in [2.24, 2.45) is 12.8 Å². The van der Waals surface area contributed by atoms with E-state index in [-0.39, 0.29) is 6.04 Å². The van der Waals surface area contributed by atoms with Gasteiger partial charge < -0.3 is 10.3 Å². The molecule has 1 heterocycles. The van der Waals surface area contributed by atoms with Crippen LogP contribution in [0.25, 0.3) is 10.9 Å². The van der Waals surface area contributed by atoms with Gasteiger partial charge in [-0.15, -0.1) is 0 Å². The Morgan fingerprint density at radius 3 is 2.55 bits per heavy atom. The lowest BCUT2D eigenvalue weighted by Crippen LogP contribution is -2.15. The minimum atomic E-state index is -3.18. The van der Waals surface area contributed by atoms with Crippen molar-refractivity contribution < 1.29 is 8.42 Å². The molecule has 4 nitrogen and oxygen atoms in total. The van der Waals surface area contributed by atoms with Crippen molar-refractivity contribution in [3.8, 4) is 0 Å². The highest BCUT2D eigenvalue weighted by Crippen LogP contribution is 2.28. The maximum atomic E-state index is 11.7. The Balaban J connectivity index is 2.63. The Bertz CT molecular complexity index is 743. The predicted octanol–water partition coefficient (Wildman–Crippen LogP) is 2.17. The van der Waals surface area contributed by atoms with Gasteiger partial charge in [0.15, 0.2) is 9.84 Å². The maximum Gasteiger partial charge on any atom is 0.175 e. The molecule has 0 saturated carbocycles. The summed E-state index contributed by atoms with van der Waals surface area (Å²) in [5, 5.41) is 1.02. The number of aromatic nitrogens is 1. The van der Waals surface area contributed by atoms with Crippen LogP contribution in [0.15, 0.2) is 23.1 Å². The monoisotopic (exact) mass is 294 g/mol. The zero-order chi connectivity index (χ0) is 15.1. The van der Waals surface area contributed by atoms with Crippen molar-refractivity contribution >= 4 is 20.7 Å². The minimum absolute atomic E-state index is 0.141. The number of sulfone groups is 1. The molecule has 1 aromatic carbocycles. The number of fused-ring (bicyclic) bond motifs is 1. The van der Waals surface area contributed by atoms with Gasteiger partial charge in [-0.1, -0.05) is 0 Å². The van der Waals surface area contributed by atoms with Gasteiger partial charge in [-0.25, -0.2) is 8.42 Å². The number of aryl methyl sites for hydroxylation is 2. The Morgan fingerprint density at radius 2 is 2.00 bits per heavy atom. The highest BCUT2D eigenvalue weighted by Gasteiger charge is 2.15. The minimum Gasteiger partial charge on any atom is -0.348 e. The first-order valence-electron chi connectivity index (χ1n) is 6.75. The SMILES string of the molecule is Cc1c(CCC(C)N)c2cc(S(C)(=O)=O)ccc2n1C. The molecular weight excluding hydrogens is 272 g/mol. The molecule has 20 heavy (non-hydrogen) atoms. The van der Waals surface area contributed by atoms with Crippen LogP contribution in [0.4, 0.5) is 0 Å². The molecule has 0 amide bonds. The van der Waals surface area contributed by atoms with Crippen LogP contribution in [-0.2, 0) is 23.3 Å². The normalized spacial score (nSPS) is 13.8. The number of rotatable bonds is 4. The molecular formula is C15H22N2O2S. The van der Waals surface area contributed by atoms with E-state index >= 15 is 0 Å². The number of benzene rings is 1. The van der Waals surface area contributed by atoms with E-state index in [2.05, 4.69) is 11.5 Å². The molecule has 110 valence electrons. The van der Waals surface area contributed by atoms with Crippen molar-refractivity contribution in [2.45, 2.75) is 37.6 Å². The summed E-state index contributed by atoms with van der Waals surface area (Å²) in [6, 6.07) is 5.48. The van der Waals surface area contributed by atoms with E-state index in [9.17, 15) is 8.42 Å². The first-order valence-corrected chi connectivity index (χ1v) is 8.64. The predicted molar refractivity (Wildman–Crippen MR) is 82.7 cm³/mol. The Labute approximate surface area is 120 Å². The van der Waals surface area contributed by atoms with Crippen LogP contribution in [0, 0.1) is 6.92 Å². The fourth-order valence-corrected chi connectivity index (χ4v) is 3.19.